The van der Waals surface area contributed by atoms with Gasteiger partial charge in [-0.3, -0.25) is 0 Å². The summed E-state index contributed by atoms with van der Waals surface area (Å²) in [5.74, 6) is 0. The molecule has 9 aromatic carbocycles. The first-order valence-electron chi connectivity index (χ1n) is 17.7. The summed E-state index contributed by atoms with van der Waals surface area (Å²) in [5.41, 5.74) is 12.2. The van der Waals surface area contributed by atoms with E-state index in [1.807, 2.05) is 12.1 Å². The third-order valence-corrected chi connectivity index (χ3v) is 10.2. The van der Waals surface area contributed by atoms with Crippen LogP contribution in [0.25, 0.3) is 76.9 Å². The van der Waals surface area contributed by atoms with E-state index in [1.54, 1.807) is 0 Å². The molecule has 2 nitrogen and oxygen atoms in total. The second-order valence-electron chi connectivity index (χ2n) is 13.4. The number of anilines is 3. The molecular formula is C50H33NO. The fraction of sp³-hybridized carbons (Fsp3) is 0. The molecule has 10 rings (SSSR count). The first-order valence-corrected chi connectivity index (χ1v) is 17.7. The van der Waals surface area contributed by atoms with Crippen LogP contribution < -0.4 is 4.90 Å². The zero-order valence-electron chi connectivity index (χ0n) is 28.4. The molecule has 0 fully saturated rings. The second-order valence-corrected chi connectivity index (χ2v) is 13.4. The number of hydrogen-bond donors (Lipinski definition) is 0. The van der Waals surface area contributed by atoms with Gasteiger partial charge in [0.05, 0.1) is 5.69 Å². The Labute approximate surface area is 302 Å². The van der Waals surface area contributed by atoms with Gasteiger partial charge in [0.1, 0.15) is 11.2 Å². The minimum absolute atomic E-state index is 0.884. The second kappa shape index (κ2) is 12.5. The van der Waals surface area contributed by atoms with E-state index in [2.05, 4.69) is 193 Å². The van der Waals surface area contributed by atoms with Crippen molar-refractivity contribution >= 4 is 60.5 Å². The zero-order valence-corrected chi connectivity index (χ0v) is 28.4. The lowest BCUT2D eigenvalue weighted by Crippen LogP contribution is -2.11. The molecule has 0 atom stereocenters. The van der Waals surface area contributed by atoms with Gasteiger partial charge in [0.25, 0.3) is 0 Å². The molecule has 2 heteroatoms. The summed E-state index contributed by atoms with van der Waals surface area (Å²) in [6, 6.07) is 71.9. The summed E-state index contributed by atoms with van der Waals surface area (Å²) in [7, 11) is 0. The predicted molar refractivity (Wildman–Crippen MR) is 220 cm³/mol. The van der Waals surface area contributed by atoms with E-state index in [0.717, 1.165) is 50.1 Å². The maximum Gasteiger partial charge on any atom is 0.135 e. The summed E-state index contributed by atoms with van der Waals surface area (Å²) in [6.45, 7) is 0. The lowest BCUT2D eigenvalue weighted by Gasteiger charge is -2.28. The normalized spacial score (nSPS) is 11.5. The number of nitrogens with zero attached hydrogens (tertiary/aromatic N) is 1. The third kappa shape index (κ3) is 5.30. The maximum atomic E-state index is 6.24. The zero-order chi connectivity index (χ0) is 34.4. The van der Waals surface area contributed by atoms with Crippen molar-refractivity contribution in [1.29, 1.82) is 0 Å². The van der Waals surface area contributed by atoms with Crippen LogP contribution in [0.1, 0.15) is 0 Å². The Balaban J connectivity index is 1.11. The Morgan fingerprint density at radius 1 is 0.308 bits per heavy atom. The van der Waals surface area contributed by atoms with Gasteiger partial charge >= 0.3 is 0 Å². The van der Waals surface area contributed by atoms with Crippen molar-refractivity contribution in [3.8, 4) is 33.4 Å². The van der Waals surface area contributed by atoms with Crippen molar-refractivity contribution in [3.63, 3.8) is 0 Å². The molecule has 0 amide bonds. The Bertz CT molecular complexity index is 2920. The van der Waals surface area contributed by atoms with Gasteiger partial charge in [0, 0.05) is 27.7 Å². The van der Waals surface area contributed by atoms with Gasteiger partial charge in [-0.05, 0) is 110 Å². The molecule has 0 aliphatic carbocycles. The summed E-state index contributed by atoms with van der Waals surface area (Å²) in [6.07, 6.45) is 0. The van der Waals surface area contributed by atoms with E-state index in [0.29, 0.717) is 0 Å². The van der Waals surface area contributed by atoms with Gasteiger partial charge in [-0.15, -0.1) is 0 Å². The molecule has 0 aliphatic rings. The fourth-order valence-electron chi connectivity index (χ4n) is 7.61. The largest absolute Gasteiger partial charge is 0.456 e. The van der Waals surface area contributed by atoms with Crippen molar-refractivity contribution in [2.75, 3.05) is 4.90 Å². The molecule has 1 heterocycles. The Morgan fingerprint density at radius 3 is 1.69 bits per heavy atom. The quantitative estimate of drug-likeness (QED) is 0.176. The van der Waals surface area contributed by atoms with Crippen molar-refractivity contribution < 1.29 is 4.42 Å². The van der Waals surface area contributed by atoms with Crippen LogP contribution in [0, 0.1) is 0 Å². The number of benzene rings is 9. The van der Waals surface area contributed by atoms with Gasteiger partial charge in [0.2, 0.25) is 0 Å². The van der Waals surface area contributed by atoms with Crippen LogP contribution in [-0.4, -0.2) is 0 Å². The first-order chi connectivity index (χ1) is 25.7. The number of furan rings is 1. The van der Waals surface area contributed by atoms with Crippen LogP contribution in [0.4, 0.5) is 17.1 Å². The van der Waals surface area contributed by atoms with Crippen LogP contribution >= 0.6 is 0 Å². The number of hydrogen-bond acceptors (Lipinski definition) is 2. The van der Waals surface area contributed by atoms with Crippen molar-refractivity contribution in [2.45, 2.75) is 0 Å². The van der Waals surface area contributed by atoms with Crippen LogP contribution in [0.2, 0.25) is 0 Å². The maximum absolute atomic E-state index is 6.24. The van der Waals surface area contributed by atoms with Crippen molar-refractivity contribution in [2.24, 2.45) is 0 Å². The van der Waals surface area contributed by atoms with E-state index in [4.69, 9.17) is 4.42 Å². The molecular weight excluding hydrogens is 631 g/mol. The number of fused-ring (bicyclic) bond motifs is 5. The van der Waals surface area contributed by atoms with Gasteiger partial charge in [0.15, 0.2) is 0 Å². The van der Waals surface area contributed by atoms with Gasteiger partial charge in [-0.1, -0.05) is 140 Å². The average Bonchev–Trinajstić information content (AvgIpc) is 3.59. The van der Waals surface area contributed by atoms with Crippen LogP contribution in [0.3, 0.4) is 0 Å². The molecule has 1 aromatic heterocycles. The predicted octanol–water partition coefficient (Wildman–Crippen LogP) is 14.4. The topological polar surface area (TPSA) is 16.4 Å². The van der Waals surface area contributed by atoms with Crippen LogP contribution in [0.15, 0.2) is 205 Å². The highest BCUT2D eigenvalue weighted by Gasteiger charge is 2.19. The van der Waals surface area contributed by atoms with Gasteiger partial charge in [-0.25, -0.2) is 0 Å². The standard InChI is InChI=1S/C50H33NO/c1-2-12-36(13-3-1)45-17-6-8-19-48(45)51(44-27-28-50-47(33-44)46-18-7-9-20-49(46)52-50)43-16-10-15-38(32-43)40-25-22-35-23-26-41(31-42(35)30-40)39-24-21-34-11-4-5-14-37(34)29-39/h1-33H. The lowest BCUT2D eigenvalue weighted by atomic mass is 9.96. The van der Waals surface area contributed by atoms with Crippen molar-refractivity contribution in [3.05, 3.63) is 200 Å². The minimum atomic E-state index is 0.884. The lowest BCUT2D eigenvalue weighted by molar-refractivity contribution is 0.669. The molecule has 0 N–H and O–H groups in total. The monoisotopic (exact) mass is 663 g/mol. The minimum Gasteiger partial charge on any atom is -0.456 e. The summed E-state index contributed by atoms with van der Waals surface area (Å²) in [5, 5.41) is 7.17. The van der Waals surface area contributed by atoms with Crippen LogP contribution in [-0.2, 0) is 0 Å². The summed E-state index contributed by atoms with van der Waals surface area (Å²) in [4.78, 5) is 2.38. The van der Waals surface area contributed by atoms with Crippen molar-refractivity contribution in [1.82, 2.24) is 0 Å². The molecule has 0 saturated heterocycles. The van der Waals surface area contributed by atoms with E-state index in [1.165, 1.54) is 43.8 Å². The Morgan fingerprint density at radius 2 is 0.885 bits per heavy atom. The van der Waals surface area contributed by atoms with Crippen LogP contribution in [0.5, 0.6) is 0 Å². The number of para-hydroxylation sites is 2. The number of rotatable bonds is 6. The Hall–Kier alpha value is -6.90. The summed E-state index contributed by atoms with van der Waals surface area (Å²) >= 11 is 0. The molecule has 0 unspecified atom stereocenters. The van der Waals surface area contributed by atoms with E-state index < -0.39 is 0 Å². The molecule has 0 bridgehead atoms. The molecule has 0 aliphatic heterocycles. The van der Waals surface area contributed by atoms with E-state index in [-0.39, 0.29) is 0 Å². The van der Waals surface area contributed by atoms with Gasteiger partial charge in [-0.2, -0.15) is 0 Å². The fourth-order valence-corrected chi connectivity index (χ4v) is 7.61. The molecule has 52 heavy (non-hydrogen) atoms. The first kappa shape index (κ1) is 30.0. The molecule has 244 valence electrons. The SMILES string of the molecule is c1ccc(-c2ccccc2N(c2cccc(-c3ccc4ccc(-c5ccc6ccccc6c5)cc4c3)c2)c2ccc3oc4ccccc4c3c2)cc1. The highest BCUT2D eigenvalue weighted by molar-refractivity contribution is 6.07. The van der Waals surface area contributed by atoms with Gasteiger partial charge < -0.3 is 9.32 Å². The highest BCUT2D eigenvalue weighted by Crippen LogP contribution is 2.43. The molecule has 0 radical (unpaired) electrons. The van der Waals surface area contributed by atoms with E-state index in [9.17, 15) is 0 Å². The molecule has 0 saturated carbocycles. The smallest absolute Gasteiger partial charge is 0.135 e. The Kier molecular flexibility index (Phi) is 7.18. The summed E-state index contributed by atoms with van der Waals surface area (Å²) < 4.78 is 6.24. The molecule has 0 spiro atoms. The third-order valence-electron chi connectivity index (χ3n) is 10.2. The highest BCUT2D eigenvalue weighted by atomic mass is 16.3. The van der Waals surface area contributed by atoms with E-state index >= 15 is 0 Å². The molecule has 10 aromatic rings. The average molecular weight is 664 g/mol.